The van der Waals surface area contributed by atoms with Crippen LogP contribution in [0.15, 0.2) is 18.2 Å². The normalized spacial score (nSPS) is 15.4. The van der Waals surface area contributed by atoms with Crippen molar-refractivity contribution in [1.82, 2.24) is 4.90 Å². The highest BCUT2D eigenvalue weighted by Gasteiger charge is 2.15. The quantitative estimate of drug-likeness (QED) is 0.621. The van der Waals surface area contributed by atoms with Gasteiger partial charge in [-0.05, 0) is 13.0 Å². The van der Waals surface area contributed by atoms with Crippen LogP contribution in [0, 0.1) is 19.3 Å². The molecular weight excluding hydrogens is 174 g/mol. The molecule has 0 unspecified atom stereocenters. The van der Waals surface area contributed by atoms with Crippen LogP contribution in [0.3, 0.4) is 0 Å². The molecule has 0 saturated heterocycles. The number of rotatable bonds is 1. The monoisotopic (exact) mass is 187 g/mol. The molecule has 2 nitrogen and oxygen atoms in total. The molecule has 0 saturated carbocycles. The Balaban J connectivity index is 2.21. The fraction of sp³-hybridized carbons (Fsp3) is 0.333. The predicted molar refractivity (Wildman–Crippen MR) is 55.9 cm³/mol. The van der Waals surface area contributed by atoms with E-state index in [4.69, 9.17) is 11.2 Å². The Morgan fingerprint density at radius 3 is 3.21 bits per heavy atom. The van der Waals surface area contributed by atoms with Crippen LogP contribution in [0.25, 0.3) is 0 Å². The summed E-state index contributed by atoms with van der Waals surface area (Å²) in [6.45, 7) is 4.22. The molecule has 1 aromatic carbocycles. The van der Waals surface area contributed by atoms with E-state index in [1.54, 1.807) is 0 Å². The first-order chi connectivity index (χ1) is 6.79. The van der Waals surface area contributed by atoms with Gasteiger partial charge in [0.05, 0.1) is 6.54 Å². The van der Waals surface area contributed by atoms with Crippen molar-refractivity contribution < 1.29 is 4.74 Å². The first kappa shape index (κ1) is 9.11. The summed E-state index contributed by atoms with van der Waals surface area (Å²) in [6.07, 6.45) is 5.26. The summed E-state index contributed by atoms with van der Waals surface area (Å²) < 4.78 is 5.57. The molecule has 2 heteroatoms. The zero-order valence-electron chi connectivity index (χ0n) is 8.29. The lowest BCUT2D eigenvalue weighted by Crippen LogP contribution is -2.32. The van der Waals surface area contributed by atoms with Gasteiger partial charge in [-0.3, -0.25) is 4.90 Å². The van der Waals surface area contributed by atoms with Crippen LogP contribution < -0.4 is 4.74 Å². The molecule has 1 aliphatic rings. The van der Waals surface area contributed by atoms with Crippen LogP contribution in [0.4, 0.5) is 0 Å². The van der Waals surface area contributed by atoms with Crippen molar-refractivity contribution in [3.8, 4) is 18.1 Å². The minimum absolute atomic E-state index is 0.597. The third-order valence-electron chi connectivity index (χ3n) is 2.33. The van der Waals surface area contributed by atoms with Crippen LogP contribution in [0.5, 0.6) is 5.75 Å². The summed E-state index contributed by atoms with van der Waals surface area (Å²) in [5.41, 5.74) is 2.49. The van der Waals surface area contributed by atoms with E-state index in [2.05, 4.69) is 29.9 Å². The molecule has 0 amide bonds. The zero-order valence-corrected chi connectivity index (χ0v) is 8.29. The summed E-state index contributed by atoms with van der Waals surface area (Å²) in [4.78, 5) is 2.10. The molecule has 0 N–H and O–H groups in total. The lowest BCUT2D eigenvalue weighted by atomic mass is 10.1. The third kappa shape index (κ3) is 1.73. The molecule has 0 atom stereocenters. The van der Waals surface area contributed by atoms with Crippen molar-refractivity contribution in [1.29, 1.82) is 0 Å². The van der Waals surface area contributed by atoms with Gasteiger partial charge in [-0.1, -0.05) is 23.6 Å². The van der Waals surface area contributed by atoms with Gasteiger partial charge in [-0.2, -0.15) is 0 Å². The molecule has 0 radical (unpaired) electrons. The average molecular weight is 187 g/mol. The summed E-state index contributed by atoms with van der Waals surface area (Å²) >= 11 is 0. The number of nitrogens with zero attached hydrogens (tertiary/aromatic N) is 1. The molecule has 1 aliphatic heterocycles. The fourth-order valence-electron chi connectivity index (χ4n) is 1.65. The number of benzene rings is 1. The lowest BCUT2D eigenvalue weighted by molar-refractivity contribution is 0.109. The molecule has 2 rings (SSSR count). The molecule has 1 aromatic rings. The Morgan fingerprint density at radius 1 is 1.57 bits per heavy atom. The number of hydrogen-bond acceptors (Lipinski definition) is 2. The Labute approximate surface area is 84.5 Å². The second-order valence-corrected chi connectivity index (χ2v) is 3.58. The Morgan fingerprint density at radius 2 is 2.43 bits per heavy atom. The molecule has 0 spiro atoms. The van der Waals surface area contributed by atoms with E-state index in [1.165, 1.54) is 11.1 Å². The first-order valence-corrected chi connectivity index (χ1v) is 4.68. The van der Waals surface area contributed by atoms with Crippen LogP contribution >= 0.6 is 0 Å². The molecule has 0 aromatic heterocycles. The molecule has 0 aliphatic carbocycles. The zero-order chi connectivity index (χ0) is 9.97. The highest BCUT2D eigenvalue weighted by molar-refractivity contribution is 5.37. The number of terminal acetylenes is 1. The average Bonchev–Trinajstić information content (AvgIpc) is 2.17. The van der Waals surface area contributed by atoms with E-state index in [1.807, 2.05) is 6.07 Å². The van der Waals surface area contributed by atoms with E-state index in [0.29, 0.717) is 13.3 Å². The molecule has 0 fully saturated rings. The highest BCUT2D eigenvalue weighted by Crippen LogP contribution is 2.25. The summed E-state index contributed by atoms with van der Waals surface area (Å²) in [6, 6.07) is 6.24. The van der Waals surface area contributed by atoms with Gasteiger partial charge in [-0.15, -0.1) is 6.42 Å². The number of aryl methyl sites for hydroxylation is 1. The standard InChI is InChI=1S/C12H13NO/c1-3-6-13-8-11-7-10(2)4-5-12(11)14-9-13/h1,4-5,7H,6,8-9H2,2H3. The van der Waals surface area contributed by atoms with Crippen molar-refractivity contribution in [3.05, 3.63) is 29.3 Å². The van der Waals surface area contributed by atoms with Gasteiger partial charge in [0.1, 0.15) is 12.5 Å². The maximum Gasteiger partial charge on any atom is 0.143 e. The smallest absolute Gasteiger partial charge is 0.143 e. The fourth-order valence-corrected chi connectivity index (χ4v) is 1.65. The second-order valence-electron chi connectivity index (χ2n) is 3.58. The minimum atomic E-state index is 0.597. The SMILES string of the molecule is C#CCN1COc2ccc(C)cc2C1. The summed E-state index contributed by atoms with van der Waals surface area (Å²) in [5, 5.41) is 0. The maximum absolute atomic E-state index is 5.57. The molecule has 72 valence electrons. The van der Waals surface area contributed by atoms with E-state index in [9.17, 15) is 0 Å². The van der Waals surface area contributed by atoms with Crippen molar-refractivity contribution in [2.45, 2.75) is 13.5 Å². The summed E-state index contributed by atoms with van der Waals surface area (Å²) in [7, 11) is 0. The van der Waals surface area contributed by atoms with Crippen molar-refractivity contribution in [3.63, 3.8) is 0 Å². The van der Waals surface area contributed by atoms with Gasteiger partial charge in [-0.25, -0.2) is 0 Å². The van der Waals surface area contributed by atoms with Crippen LogP contribution in [0.1, 0.15) is 11.1 Å². The van der Waals surface area contributed by atoms with E-state index in [0.717, 1.165) is 12.3 Å². The van der Waals surface area contributed by atoms with E-state index in [-0.39, 0.29) is 0 Å². The van der Waals surface area contributed by atoms with Gasteiger partial charge in [0.25, 0.3) is 0 Å². The number of ether oxygens (including phenoxy) is 1. The van der Waals surface area contributed by atoms with E-state index < -0.39 is 0 Å². The third-order valence-corrected chi connectivity index (χ3v) is 2.33. The van der Waals surface area contributed by atoms with Gasteiger partial charge in [0, 0.05) is 12.1 Å². The first-order valence-electron chi connectivity index (χ1n) is 4.68. The van der Waals surface area contributed by atoms with Crippen molar-refractivity contribution in [2.24, 2.45) is 0 Å². The highest BCUT2D eigenvalue weighted by atomic mass is 16.5. The molecule has 14 heavy (non-hydrogen) atoms. The van der Waals surface area contributed by atoms with Crippen molar-refractivity contribution >= 4 is 0 Å². The largest absolute Gasteiger partial charge is 0.478 e. The maximum atomic E-state index is 5.57. The van der Waals surface area contributed by atoms with Gasteiger partial charge in [0.15, 0.2) is 0 Å². The van der Waals surface area contributed by atoms with Gasteiger partial charge >= 0.3 is 0 Å². The summed E-state index contributed by atoms with van der Waals surface area (Å²) in [5.74, 6) is 3.62. The minimum Gasteiger partial charge on any atom is -0.478 e. The van der Waals surface area contributed by atoms with Crippen LogP contribution in [0.2, 0.25) is 0 Å². The van der Waals surface area contributed by atoms with Gasteiger partial charge in [0.2, 0.25) is 0 Å². The van der Waals surface area contributed by atoms with Crippen molar-refractivity contribution in [2.75, 3.05) is 13.3 Å². The van der Waals surface area contributed by atoms with E-state index >= 15 is 0 Å². The molecular formula is C12H13NO. The lowest BCUT2D eigenvalue weighted by Gasteiger charge is -2.27. The second kappa shape index (κ2) is 3.73. The Bertz CT molecular complexity index is 378. The molecule has 0 bridgehead atoms. The Kier molecular flexibility index (Phi) is 2.43. The Hall–Kier alpha value is -1.46. The van der Waals surface area contributed by atoms with Crippen LogP contribution in [-0.2, 0) is 6.54 Å². The predicted octanol–water partition coefficient (Wildman–Crippen LogP) is 1.78. The number of hydrogen-bond donors (Lipinski definition) is 0. The molecule has 1 heterocycles. The van der Waals surface area contributed by atoms with Gasteiger partial charge < -0.3 is 4.74 Å². The van der Waals surface area contributed by atoms with Crippen LogP contribution in [-0.4, -0.2) is 18.2 Å². The topological polar surface area (TPSA) is 12.5 Å². The number of fused-ring (bicyclic) bond motifs is 1.